The van der Waals surface area contributed by atoms with Crippen LogP contribution in [0.1, 0.15) is 51.4 Å². The molecule has 0 aliphatic carbocycles. The Hall–Kier alpha value is -1.70. The fraction of sp³-hybridized carbons (Fsp3) is 0.750. The zero-order valence-electron chi connectivity index (χ0n) is 12.4. The fourth-order valence-electron chi connectivity index (χ4n) is 3.67. The van der Waals surface area contributed by atoms with Gasteiger partial charge in [-0.15, -0.1) is 12.3 Å². The second-order valence-electron chi connectivity index (χ2n) is 6.12. The molecular formula is C16H24N2O3. The number of unbranched alkanes of at least 4 members (excludes halogenated alkanes) is 2. The molecule has 21 heavy (non-hydrogen) atoms. The molecule has 2 amide bonds. The maximum absolute atomic E-state index is 12.3. The number of rotatable bonds is 6. The van der Waals surface area contributed by atoms with Gasteiger partial charge >= 0.3 is 12.0 Å². The van der Waals surface area contributed by atoms with Crippen LogP contribution >= 0.6 is 0 Å². The van der Waals surface area contributed by atoms with Crippen molar-refractivity contribution in [3.63, 3.8) is 0 Å². The van der Waals surface area contributed by atoms with Crippen LogP contribution in [0.4, 0.5) is 4.79 Å². The number of carboxylic acid groups (broad SMARTS) is 1. The number of aliphatic carboxylic acids is 1. The molecule has 0 saturated carbocycles. The molecular weight excluding hydrogens is 268 g/mol. The second-order valence-corrected chi connectivity index (χ2v) is 6.12. The van der Waals surface area contributed by atoms with E-state index in [4.69, 9.17) is 11.5 Å². The van der Waals surface area contributed by atoms with E-state index in [2.05, 4.69) is 11.2 Å². The van der Waals surface area contributed by atoms with E-state index >= 15 is 0 Å². The number of carboxylic acids is 1. The van der Waals surface area contributed by atoms with Gasteiger partial charge in [-0.2, -0.15) is 0 Å². The Bertz CT molecular complexity index is 416. The molecule has 0 spiro atoms. The van der Waals surface area contributed by atoms with Gasteiger partial charge in [-0.3, -0.25) is 4.79 Å². The topological polar surface area (TPSA) is 69.6 Å². The summed E-state index contributed by atoms with van der Waals surface area (Å²) in [5.74, 6) is 2.08. The molecule has 0 aromatic rings. The van der Waals surface area contributed by atoms with Crippen LogP contribution in [-0.4, -0.2) is 40.6 Å². The van der Waals surface area contributed by atoms with Crippen molar-refractivity contribution in [2.24, 2.45) is 5.92 Å². The standard InChI is InChI=1S/C16H24N2O3/c1-2-3-4-5-8-17-16(21)18-13-6-7-14(18)10-12(9-13)11-15(19)20/h1,12-14H,3-11H2,(H,17,21)(H,19,20). The monoisotopic (exact) mass is 292 g/mol. The number of urea groups is 1. The molecule has 2 unspecified atom stereocenters. The number of carbonyl (C=O) groups is 2. The Morgan fingerprint density at radius 2 is 1.90 bits per heavy atom. The third kappa shape index (κ3) is 4.13. The van der Waals surface area contributed by atoms with E-state index in [1.807, 2.05) is 4.90 Å². The Balaban J connectivity index is 1.78. The van der Waals surface area contributed by atoms with E-state index < -0.39 is 5.97 Å². The van der Waals surface area contributed by atoms with Crippen LogP contribution in [0, 0.1) is 18.3 Å². The smallest absolute Gasteiger partial charge is 0.317 e. The molecule has 2 aliphatic rings. The molecule has 2 atom stereocenters. The largest absolute Gasteiger partial charge is 0.481 e. The Morgan fingerprint density at radius 1 is 1.24 bits per heavy atom. The molecule has 5 nitrogen and oxygen atoms in total. The molecule has 2 rings (SSSR count). The summed E-state index contributed by atoms with van der Waals surface area (Å²) in [6.45, 7) is 0.662. The van der Waals surface area contributed by atoms with Crippen molar-refractivity contribution in [1.29, 1.82) is 0 Å². The van der Waals surface area contributed by atoms with E-state index in [1.54, 1.807) is 0 Å². The molecule has 2 N–H and O–H groups in total. The van der Waals surface area contributed by atoms with Crippen LogP contribution in [0.15, 0.2) is 0 Å². The predicted octanol–water partition coefficient (Wildman–Crippen LogP) is 2.22. The minimum Gasteiger partial charge on any atom is -0.481 e. The first-order valence-corrected chi connectivity index (χ1v) is 7.83. The molecule has 2 aliphatic heterocycles. The van der Waals surface area contributed by atoms with E-state index in [0.717, 1.165) is 44.9 Å². The summed E-state index contributed by atoms with van der Waals surface area (Å²) < 4.78 is 0. The third-order valence-electron chi connectivity index (χ3n) is 4.55. The van der Waals surface area contributed by atoms with Crippen molar-refractivity contribution >= 4 is 12.0 Å². The highest BCUT2D eigenvalue weighted by atomic mass is 16.4. The SMILES string of the molecule is C#CCCCCNC(=O)N1C2CCC1CC(CC(=O)O)C2. The van der Waals surface area contributed by atoms with Gasteiger partial charge in [0.05, 0.1) is 0 Å². The van der Waals surface area contributed by atoms with Crippen LogP contribution in [-0.2, 0) is 4.79 Å². The average molecular weight is 292 g/mol. The van der Waals surface area contributed by atoms with Gasteiger partial charge < -0.3 is 15.3 Å². The summed E-state index contributed by atoms with van der Waals surface area (Å²) in [6.07, 6.45) is 11.7. The number of nitrogens with one attached hydrogen (secondary N) is 1. The molecule has 2 bridgehead atoms. The van der Waals surface area contributed by atoms with Crippen molar-refractivity contribution in [2.75, 3.05) is 6.54 Å². The number of hydrogen-bond acceptors (Lipinski definition) is 2. The number of piperidine rings is 1. The van der Waals surface area contributed by atoms with Crippen LogP contribution in [0.3, 0.4) is 0 Å². The van der Waals surface area contributed by atoms with Gasteiger partial charge in [-0.1, -0.05) is 0 Å². The predicted molar refractivity (Wildman–Crippen MR) is 79.7 cm³/mol. The van der Waals surface area contributed by atoms with Crippen molar-refractivity contribution < 1.29 is 14.7 Å². The van der Waals surface area contributed by atoms with Crippen molar-refractivity contribution in [3.8, 4) is 12.3 Å². The van der Waals surface area contributed by atoms with Gasteiger partial charge in [0.25, 0.3) is 0 Å². The first-order valence-electron chi connectivity index (χ1n) is 7.83. The number of carbonyl (C=O) groups excluding carboxylic acids is 1. The molecule has 2 fully saturated rings. The highest BCUT2D eigenvalue weighted by Crippen LogP contribution is 2.39. The van der Waals surface area contributed by atoms with Gasteiger partial charge in [0, 0.05) is 31.5 Å². The first-order chi connectivity index (χ1) is 10.1. The van der Waals surface area contributed by atoms with Gasteiger partial charge in [0.1, 0.15) is 0 Å². The second kappa shape index (κ2) is 7.35. The summed E-state index contributed by atoms with van der Waals surface area (Å²) >= 11 is 0. The first kappa shape index (κ1) is 15.7. The molecule has 5 heteroatoms. The Morgan fingerprint density at radius 3 is 2.48 bits per heavy atom. The summed E-state index contributed by atoms with van der Waals surface area (Å²) in [5.41, 5.74) is 0. The highest BCUT2D eigenvalue weighted by molar-refractivity contribution is 5.75. The maximum atomic E-state index is 12.3. The molecule has 0 radical (unpaired) electrons. The van der Waals surface area contributed by atoms with Crippen LogP contribution in [0.5, 0.6) is 0 Å². The molecule has 116 valence electrons. The van der Waals surface area contributed by atoms with Crippen molar-refractivity contribution in [2.45, 2.75) is 63.5 Å². The van der Waals surface area contributed by atoms with Crippen molar-refractivity contribution in [1.82, 2.24) is 10.2 Å². The summed E-state index contributed by atoms with van der Waals surface area (Å²) in [7, 11) is 0. The lowest BCUT2D eigenvalue weighted by Crippen LogP contribution is -2.51. The molecule has 2 heterocycles. The van der Waals surface area contributed by atoms with Gasteiger partial charge in [-0.25, -0.2) is 4.79 Å². The van der Waals surface area contributed by atoms with Gasteiger partial charge in [0.15, 0.2) is 0 Å². The summed E-state index contributed by atoms with van der Waals surface area (Å²) in [5, 5.41) is 11.9. The molecule has 2 saturated heterocycles. The Kier molecular flexibility index (Phi) is 5.49. The minimum absolute atomic E-state index is 0.0111. The lowest BCUT2D eigenvalue weighted by Gasteiger charge is -2.38. The lowest BCUT2D eigenvalue weighted by molar-refractivity contribution is -0.138. The normalized spacial score (nSPS) is 27.2. The Labute approximate surface area is 126 Å². The number of hydrogen-bond donors (Lipinski definition) is 2. The van der Waals surface area contributed by atoms with E-state index in [-0.39, 0.29) is 30.5 Å². The number of amides is 2. The van der Waals surface area contributed by atoms with Crippen LogP contribution in [0.2, 0.25) is 0 Å². The van der Waals surface area contributed by atoms with E-state index in [9.17, 15) is 9.59 Å². The summed E-state index contributed by atoms with van der Waals surface area (Å²) in [6, 6.07) is 0.453. The fourth-order valence-corrected chi connectivity index (χ4v) is 3.67. The lowest BCUT2D eigenvalue weighted by atomic mass is 9.88. The van der Waals surface area contributed by atoms with E-state index in [0.29, 0.717) is 6.54 Å². The maximum Gasteiger partial charge on any atom is 0.317 e. The number of fused-ring (bicyclic) bond motifs is 2. The van der Waals surface area contributed by atoms with Crippen LogP contribution < -0.4 is 5.32 Å². The van der Waals surface area contributed by atoms with Crippen molar-refractivity contribution in [3.05, 3.63) is 0 Å². The minimum atomic E-state index is -0.731. The third-order valence-corrected chi connectivity index (χ3v) is 4.55. The summed E-state index contributed by atoms with van der Waals surface area (Å²) in [4.78, 5) is 25.1. The quantitative estimate of drug-likeness (QED) is 0.582. The average Bonchev–Trinajstić information content (AvgIpc) is 2.69. The zero-order valence-corrected chi connectivity index (χ0v) is 12.4. The van der Waals surface area contributed by atoms with Crippen LogP contribution in [0.25, 0.3) is 0 Å². The van der Waals surface area contributed by atoms with E-state index in [1.165, 1.54) is 0 Å². The highest BCUT2D eigenvalue weighted by Gasteiger charge is 2.43. The molecule has 0 aromatic heterocycles. The number of nitrogens with zero attached hydrogens (tertiary/aromatic N) is 1. The molecule has 0 aromatic carbocycles. The zero-order chi connectivity index (χ0) is 15.2. The number of terminal acetylenes is 1. The van der Waals surface area contributed by atoms with Gasteiger partial charge in [-0.05, 0) is 44.4 Å². The van der Waals surface area contributed by atoms with Gasteiger partial charge in [0.2, 0.25) is 0 Å².